The summed E-state index contributed by atoms with van der Waals surface area (Å²) in [6.07, 6.45) is 7.70. The summed E-state index contributed by atoms with van der Waals surface area (Å²) in [5, 5.41) is 7.11. The molecule has 2 atom stereocenters. The van der Waals surface area contributed by atoms with E-state index in [2.05, 4.69) is 15.4 Å². The number of nitrogens with zero attached hydrogens (tertiary/aromatic N) is 4. The highest BCUT2D eigenvalue weighted by Crippen LogP contribution is 2.34. The number of rotatable bonds is 10. The molecule has 0 saturated carbocycles. The van der Waals surface area contributed by atoms with Gasteiger partial charge in [-0.05, 0) is 48.4 Å². The average Bonchev–Trinajstić information content (AvgIpc) is 3.55. The quantitative estimate of drug-likeness (QED) is 0.444. The Morgan fingerprint density at radius 1 is 1.14 bits per heavy atom. The third-order valence-corrected chi connectivity index (χ3v) is 6.45. The maximum Gasteiger partial charge on any atom is 0.245 e. The van der Waals surface area contributed by atoms with Gasteiger partial charge in [0.15, 0.2) is 0 Å². The van der Waals surface area contributed by atoms with Crippen LogP contribution in [0.3, 0.4) is 0 Å². The summed E-state index contributed by atoms with van der Waals surface area (Å²) in [5.74, 6) is -0.244. The van der Waals surface area contributed by atoms with E-state index < -0.39 is 11.6 Å². The van der Waals surface area contributed by atoms with E-state index in [4.69, 9.17) is 0 Å². The van der Waals surface area contributed by atoms with Crippen molar-refractivity contribution in [2.75, 3.05) is 6.54 Å². The summed E-state index contributed by atoms with van der Waals surface area (Å²) in [6.45, 7) is 4.49. The summed E-state index contributed by atoms with van der Waals surface area (Å²) in [5.41, 5.74) is 1.43. The molecule has 8 nitrogen and oxygen atoms in total. The molecule has 0 bridgehead atoms. The van der Waals surface area contributed by atoms with Crippen molar-refractivity contribution >= 4 is 18.1 Å². The van der Waals surface area contributed by atoms with Crippen molar-refractivity contribution in [2.45, 2.75) is 51.1 Å². The third kappa shape index (κ3) is 5.87. The highest BCUT2D eigenvalue weighted by atomic mass is 16.2. The van der Waals surface area contributed by atoms with E-state index >= 15 is 0 Å². The van der Waals surface area contributed by atoms with Gasteiger partial charge in [-0.15, -0.1) is 0 Å². The Hall–Kier alpha value is -3.81. The summed E-state index contributed by atoms with van der Waals surface area (Å²) in [4.78, 5) is 44.8. The molecule has 1 saturated heterocycles. The third-order valence-electron chi connectivity index (χ3n) is 6.45. The molecule has 8 heteroatoms. The predicted octanol–water partition coefficient (Wildman–Crippen LogP) is 3.15. The molecule has 0 unspecified atom stereocenters. The van der Waals surface area contributed by atoms with Gasteiger partial charge in [0.1, 0.15) is 30.5 Å². The van der Waals surface area contributed by atoms with E-state index in [9.17, 15) is 14.4 Å². The number of aromatic nitrogens is 3. The lowest BCUT2D eigenvalue weighted by Crippen LogP contribution is -2.56. The first kappa shape index (κ1) is 25.3. The smallest absolute Gasteiger partial charge is 0.245 e. The molecular weight excluding hydrogens is 454 g/mol. The fourth-order valence-corrected chi connectivity index (χ4v) is 4.78. The van der Waals surface area contributed by atoms with Crippen LogP contribution in [0, 0.1) is 12.3 Å². The van der Waals surface area contributed by atoms with Gasteiger partial charge in [-0.3, -0.25) is 9.59 Å². The van der Waals surface area contributed by atoms with Gasteiger partial charge in [0.25, 0.3) is 0 Å². The van der Waals surface area contributed by atoms with Crippen LogP contribution in [0.5, 0.6) is 0 Å². The van der Waals surface area contributed by atoms with E-state index in [1.54, 1.807) is 15.9 Å². The zero-order valence-corrected chi connectivity index (χ0v) is 20.7. The first-order chi connectivity index (χ1) is 17.4. The molecule has 3 aromatic rings. The molecule has 2 heterocycles. The SMILES string of the molecule is CC(C)C[C@@H](NC(=O)Cc1ccccc1)C(=O)N1CCC[C@]1([CH]c1cccc(-n2cncn2)c1)C=O. The summed E-state index contributed by atoms with van der Waals surface area (Å²) >= 11 is 0. The van der Waals surface area contributed by atoms with Crippen molar-refractivity contribution in [3.63, 3.8) is 0 Å². The summed E-state index contributed by atoms with van der Waals surface area (Å²) in [6, 6.07) is 16.3. The number of carbonyl (C=O) groups excluding carboxylic acids is 3. The Morgan fingerprint density at radius 2 is 1.94 bits per heavy atom. The highest BCUT2D eigenvalue weighted by Gasteiger charge is 2.46. The molecule has 36 heavy (non-hydrogen) atoms. The van der Waals surface area contributed by atoms with Gasteiger partial charge in [-0.25, -0.2) is 9.67 Å². The Morgan fingerprint density at radius 3 is 2.64 bits per heavy atom. The van der Waals surface area contributed by atoms with Gasteiger partial charge >= 0.3 is 0 Å². The second-order valence-electron chi connectivity index (χ2n) is 9.69. The standard InChI is InChI=1S/C28H32N5O3/c1-21(2)14-25(31-26(35)16-22-8-4-3-5-9-22)27(36)32-13-7-12-28(32,18-34)17-23-10-6-11-24(15-23)33-20-29-19-30-33/h3-6,8-11,15,17-21,25H,7,12-14,16H2,1-2H3,(H,31,35)/t25-,28+/m1/s1. The maximum atomic E-state index is 13.8. The second kappa shape index (κ2) is 11.3. The molecule has 1 aliphatic rings. The molecule has 0 aliphatic carbocycles. The van der Waals surface area contributed by atoms with Gasteiger partial charge in [0.2, 0.25) is 11.8 Å². The van der Waals surface area contributed by atoms with Crippen LogP contribution in [-0.4, -0.2) is 55.9 Å². The van der Waals surface area contributed by atoms with E-state index in [1.807, 2.05) is 74.9 Å². The number of likely N-dealkylation sites (tertiary alicyclic amines) is 1. The summed E-state index contributed by atoms with van der Waals surface area (Å²) in [7, 11) is 0. The van der Waals surface area contributed by atoms with Gasteiger partial charge in [0.05, 0.1) is 12.1 Å². The molecular formula is C28H32N5O3. The van der Waals surface area contributed by atoms with E-state index in [0.717, 1.165) is 23.1 Å². The molecule has 187 valence electrons. The van der Waals surface area contributed by atoms with Crippen molar-refractivity contribution in [1.82, 2.24) is 25.0 Å². The number of hydrogen-bond donors (Lipinski definition) is 1. The number of nitrogens with one attached hydrogen (secondary N) is 1. The zero-order chi connectivity index (χ0) is 25.5. The number of amides is 2. The molecule has 4 rings (SSSR count). The van der Waals surface area contributed by atoms with E-state index in [1.165, 1.54) is 6.33 Å². The number of aldehydes is 1. The van der Waals surface area contributed by atoms with Crippen molar-refractivity contribution in [2.24, 2.45) is 5.92 Å². The highest BCUT2D eigenvalue weighted by molar-refractivity contribution is 5.91. The first-order valence-electron chi connectivity index (χ1n) is 12.3. The van der Waals surface area contributed by atoms with Crippen LogP contribution in [0.1, 0.15) is 44.2 Å². The van der Waals surface area contributed by atoms with Crippen LogP contribution < -0.4 is 5.32 Å². The van der Waals surface area contributed by atoms with Crippen LogP contribution in [-0.2, 0) is 20.8 Å². The number of benzene rings is 2. The predicted molar refractivity (Wildman–Crippen MR) is 136 cm³/mol. The lowest BCUT2D eigenvalue weighted by atomic mass is 9.88. The van der Waals surface area contributed by atoms with Crippen LogP contribution in [0.4, 0.5) is 0 Å². The Kier molecular flexibility index (Phi) is 7.93. The average molecular weight is 487 g/mol. The van der Waals surface area contributed by atoms with Crippen LogP contribution in [0.15, 0.2) is 67.3 Å². The number of carbonyl (C=O) groups is 3. The topological polar surface area (TPSA) is 97.2 Å². The fraction of sp³-hybridized carbons (Fsp3) is 0.357. The Balaban J connectivity index is 1.53. The van der Waals surface area contributed by atoms with Crippen LogP contribution in [0.25, 0.3) is 5.69 Å². The van der Waals surface area contributed by atoms with Crippen molar-refractivity contribution in [3.8, 4) is 5.69 Å². The van der Waals surface area contributed by atoms with Crippen molar-refractivity contribution in [3.05, 3.63) is 84.8 Å². The molecule has 1 aromatic heterocycles. The molecule has 1 N–H and O–H groups in total. The monoisotopic (exact) mass is 486 g/mol. The second-order valence-corrected chi connectivity index (χ2v) is 9.69. The molecule has 1 fully saturated rings. The van der Waals surface area contributed by atoms with Crippen molar-refractivity contribution in [1.29, 1.82) is 0 Å². The van der Waals surface area contributed by atoms with E-state index in [-0.39, 0.29) is 24.2 Å². The lowest BCUT2D eigenvalue weighted by Gasteiger charge is -2.36. The lowest BCUT2D eigenvalue weighted by molar-refractivity contribution is -0.141. The molecule has 0 spiro atoms. The largest absolute Gasteiger partial charge is 0.344 e. The molecule has 2 amide bonds. The number of hydrogen-bond acceptors (Lipinski definition) is 5. The van der Waals surface area contributed by atoms with E-state index in [0.29, 0.717) is 25.8 Å². The Bertz CT molecular complexity index is 1180. The minimum absolute atomic E-state index is 0.188. The summed E-state index contributed by atoms with van der Waals surface area (Å²) < 4.78 is 1.64. The normalized spacial score (nSPS) is 18.2. The minimum atomic E-state index is -1.07. The van der Waals surface area contributed by atoms with Crippen LogP contribution >= 0.6 is 0 Å². The first-order valence-corrected chi connectivity index (χ1v) is 12.3. The van der Waals surface area contributed by atoms with Crippen LogP contribution in [0.2, 0.25) is 0 Å². The van der Waals surface area contributed by atoms with Gasteiger partial charge in [0, 0.05) is 13.0 Å². The minimum Gasteiger partial charge on any atom is -0.344 e. The molecule has 2 aromatic carbocycles. The molecule has 1 radical (unpaired) electrons. The Labute approximate surface area is 211 Å². The molecule has 1 aliphatic heterocycles. The maximum absolute atomic E-state index is 13.8. The van der Waals surface area contributed by atoms with Gasteiger partial charge < -0.3 is 15.0 Å². The van der Waals surface area contributed by atoms with Gasteiger partial charge in [-0.2, -0.15) is 5.10 Å². The van der Waals surface area contributed by atoms with Crippen molar-refractivity contribution < 1.29 is 14.4 Å². The zero-order valence-electron chi connectivity index (χ0n) is 20.7. The fourth-order valence-electron chi connectivity index (χ4n) is 4.78. The van der Waals surface area contributed by atoms with Gasteiger partial charge in [-0.1, -0.05) is 56.3 Å².